The van der Waals surface area contributed by atoms with Crippen molar-refractivity contribution in [3.8, 4) is 0 Å². The Bertz CT molecular complexity index is 419. The summed E-state index contributed by atoms with van der Waals surface area (Å²) in [4.78, 5) is 19.1. The predicted molar refractivity (Wildman–Crippen MR) is 64.1 cm³/mol. The molecule has 16 heavy (non-hydrogen) atoms. The molecule has 0 spiro atoms. The molecule has 0 fully saturated rings. The van der Waals surface area contributed by atoms with Gasteiger partial charge in [0.2, 0.25) is 0 Å². The highest BCUT2D eigenvalue weighted by molar-refractivity contribution is 7.14. The largest absolute Gasteiger partial charge is 0.361 e. The van der Waals surface area contributed by atoms with Gasteiger partial charge in [0.1, 0.15) is 4.88 Å². The summed E-state index contributed by atoms with van der Waals surface area (Å²) < 4.78 is 0. The van der Waals surface area contributed by atoms with Crippen LogP contribution in [0.5, 0.6) is 0 Å². The zero-order valence-electron chi connectivity index (χ0n) is 9.56. The summed E-state index contributed by atoms with van der Waals surface area (Å²) >= 11 is 1.39. The quantitative estimate of drug-likeness (QED) is 0.251. The van der Waals surface area contributed by atoms with Gasteiger partial charge in [0, 0.05) is 0 Å². The van der Waals surface area contributed by atoms with Gasteiger partial charge in [0.25, 0.3) is 5.78 Å². The van der Waals surface area contributed by atoms with Crippen molar-refractivity contribution >= 4 is 23.3 Å². The van der Waals surface area contributed by atoms with Crippen LogP contribution in [0.1, 0.15) is 46.6 Å². The Hall–Kier alpha value is -1.32. The number of hydrogen-bond donors (Lipinski definition) is 0. The lowest BCUT2D eigenvalue weighted by atomic mass is 10.2. The van der Waals surface area contributed by atoms with E-state index >= 15 is 0 Å². The van der Waals surface area contributed by atoms with Gasteiger partial charge in [-0.3, -0.25) is 4.79 Å². The van der Waals surface area contributed by atoms with Crippen molar-refractivity contribution in [2.45, 2.75) is 39.5 Å². The first-order valence-electron chi connectivity index (χ1n) is 5.37. The van der Waals surface area contributed by atoms with Crippen LogP contribution in [0.3, 0.4) is 0 Å². The molecule has 0 saturated heterocycles. The van der Waals surface area contributed by atoms with Crippen LogP contribution in [-0.2, 0) is 6.42 Å². The molecule has 0 unspecified atom stereocenters. The second kappa shape index (κ2) is 6.30. The van der Waals surface area contributed by atoms with E-state index in [1.165, 1.54) is 24.2 Å². The topological polar surface area (TPSA) is 66.4 Å². The monoisotopic (exact) mass is 237 g/mol. The average molecular weight is 237 g/mol. The van der Waals surface area contributed by atoms with Gasteiger partial charge in [-0.25, -0.2) is 4.98 Å². The number of hydrogen-bond acceptors (Lipinski definition) is 3. The Morgan fingerprint density at radius 3 is 2.94 bits per heavy atom. The van der Waals surface area contributed by atoms with E-state index in [0.717, 1.165) is 29.8 Å². The number of carbonyl (C=O) groups is 1. The molecular formula is C11H15N3OS. The van der Waals surface area contributed by atoms with Crippen molar-refractivity contribution in [1.29, 1.82) is 0 Å². The molecule has 1 heterocycles. The zero-order valence-corrected chi connectivity index (χ0v) is 10.4. The molecule has 0 aliphatic carbocycles. The predicted octanol–water partition coefficient (Wildman–Crippen LogP) is 2.67. The molecule has 0 aliphatic rings. The molecule has 0 aromatic carbocycles. The minimum Gasteiger partial charge on any atom is -0.361 e. The number of aromatic nitrogens is 1. The van der Waals surface area contributed by atoms with Gasteiger partial charge >= 0.3 is 6.21 Å². The van der Waals surface area contributed by atoms with Crippen molar-refractivity contribution in [2.75, 3.05) is 0 Å². The van der Waals surface area contributed by atoms with Crippen LogP contribution < -0.4 is 0 Å². The van der Waals surface area contributed by atoms with Crippen molar-refractivity contribution in [3.63, 3.8) is 0 Å². The standard InChI is InChI=1S/C11H15N3OS/c1-3-4-5-6-10-14-8(2)11(16-10)9(15)7-13-12/h7H,3-6H2,1-2H3. The highest BCUT2D eigenvalue weighted by atomic mass is 32.1. The zero-order chi connectivity index (χ0) is 12.0. The fourth-order valence-corrected chi connectivity index (χ4v) is 2.44. The SMILES string of the molecule is CCCCCc1nc(C)c(C(=O)C=[N+]=[N-])s1. The third kappa shape index (κ3) is 3.36. The minimum atomic E-state index is -0.278. The van der Waals surface area contributed by atoms with Crippen molar-refractivity contribution < 1.29 is 9.58 Å². The number of aryl methyl sites for hydroxylation is 2. The van der Waals surface area contributed by atoms with Crippen molar-refractivity contribution in [1.82, 2.24) is 4.98 Å². The average Bonchev–Trinajstić information content (AvgIpc) is 2.61. The van der Waals surface area contributed by atoms with E-state index in [2.05, 4.69) is 16.7 Å². The van der Waals surface area contributed by atoms with E-state index in [0.29, 0.717) is 4.88 Å². The lowest BCUT2D eigenvalue weighted by Crippen LogP contribution is -1.99. The highest BCUT2D eigenvalue weighted by Crippen LogP contribution is 2.19. The second-order valence-corrected chi connectivity index (χ2v) is 4.67. The summed E-state index contributed by atoms with van der Waals surface area (Å²) in [6.07, 6.45) is 5.29. The molecule has 1 aromatic rings. The molecule has 0 amide bonds. The first kappa shape index (κ1) is 12.7. The Balaban J connectivity index is 2.73. The van der Waals surface area contributed by atoms with Gasteiger partial charge in [-0.05, 0) is 19.8 Å². The van der Waals surface area contributed by atoms with Crippen molar-refractivity contribution in [2.24, 2.45) is 0 Å². The smallest absolute Gasteiger partial charge is 0.329 e. The Labute approximate surface area is 99.0 Å². The lowest BCUT2D eigenvalue weighted by molar-refractivity contribution is 0.00238. The third-order valence-electron chi connectivity index (χ3n) is 2.23. The Morgan fingerprint density at radius 1 is 1.56 bits per heavy atom. The normalized spacial score (nSPS) is 9.88. The lowest BCUT2D eigenvalue weighted by Gasteiger charge is -1.93. The summed E-state index contributed by atoms with van der Waals surface area (Å²) in [6, 6.07) is 0. The van der Waals surface area contributed by atoms with Crippen LogP contribution in [0, 0.1) is 6.92 Å². The molecule has 5 heteroatoms. The van der Waals surface area contributed by atoms with Crippen LogP contribution in [0.25, 0.3) is 5.53 Å². The fraction of sp³-hybridized carbons (Fsp3) is 0.545. The molecular weight excluding hydrogens is 222 g/mol. The number of ketones is 1. The maximum atomic E-state index is 11.5. The first-order valence-corrected chi connectivity index (χ1v) is 6.18. The fourth-order valence-electron chi connectivity index (χ4n) is 1.43. The van der Waals surface area contributed by atoms with E-state index in [1.54, 1.807) is 6.92 Å². The van der Waals surface area contributed by atoms with E-state index in [-0.39, 0.29) is 5.78 Å². The summed E-state index contributed by atoms with van der Waals surface area (Å²) in [7, 11) is 0. The summed E-state index contributed by atoms with van der Waals surface area (Å²) in [5.41, 5.74) is 9.03. The number of thiazole rings is 1. The molecule has 0 radical (unpaired) electrons. The summed E-state index contributed by atoms with van der Waals surface area (Å²) in [6.45, 7) is 3.96. The van der Waals surface area contributed by atoms with Gasteiger partial charge < -0.3 is 5.53 Å². The van der Waals surface area contributed by atoms with Gasteiger partial charge in [0.15, 0.2) is 0 Å². The maximum absolute atomic E-state index is 11.5. The molecule has 86 valence electrons. The van der Waals surface area contributed by atoms with E-state index < -0.39 is 0 Å². The van der Waals surface area contributed by atoms with Crippen LogP contribution in [-0.4, -0.2) is 21.8 Å². The molecule has 0 aliphatic heterocycles. The molecule has 0 atom stereocenters. The number of unbranched alkanes of at least 4 members (excludes halogenated alkanes) is 2. The van der Waals surface area contributed by atoms with Gasteiger partial charge in [0.05, 0.1) is 10.7 Å². The number of Topliss-reactive ketones (excluding diaryl/α,β-unsaturated/α-hetero) is 1. The molecule has 4 nitrogen and oxygen atoms in total. The molecule has 0 saturated carbocycles. The maximum Gasteiger partial charge on any atom is 0.329 e. The Kier molecular flexibility index (Phi) is 5.02. The second-order valence-electron chi connectivity index (χ2n) is 3.59. The van der Waals surface area contributed by atoms with E-state index in [9.17, 15) is 4.79 Å². The van der Waals surface area contributed by atoms with Gasteiger partial charge in [-0.2, -0.15) is 4.79 Å². The van der Waals surface area contributed by atoms with Crippen LogP contribution in [0.15, 0.2) is 0 Å². The first-order chi connectivity index (χ1) is 7.69. The van der Waals surface area contributed by atoms with Gasteiger partial charge in [-0.1, -0.05) is 19.8 Å². The summed E-state index contributed by atoms with van der Waals surface area (Å²) in [5.74, 6) is -0.278. The summed E-state index contributed by atoms with van der Waals surface area (Å²) in [5, 5.41) is 0.987. The van der Waals surface area contributed by atoms with E-state index in [4.69, 9.17) is 5.53 Å². The molecule has 0 bridgehead atoms. The molecule has 1 rings (SSSR count). The highest BCUT2D eigenvalue weighted by Gasteiger charge is 2.15. The number of carbonyl (C=O) groups excluding carboxylic acids is 1. The van der Waals surface area contributed by atoms with Crippen LogP contribution in [0.4, 0.5) is 0 Å². The number of rotatable bonds is 6. The number of nitrogens with zero attached hydrogens (tertiary/aromatic N) is 3. The molecule has 1 aromatic heterocycles. The van der Waals surface area contributed by atoms with Gasteiger partial charge in [-0.15, -0.1) is 11.3 Å². The molecule has 0 N–H and O–H groups in total. The minimum absolute atomic E-state index is 0.278. The Morgan fingerprint density at radius 2 is 2.31 bits per heavy atom. The van der Waals surface area contributed by atoms with E-state index in [1.807, 2.05) is 0 Å². The van der Waals surface area contributed by atoms with Crippen LogP contribution in [0.2, 0.25) is 0 Å². The third-order valence-corrected chi connectivity index (χ3v) is 3.47. The van der Waals surface area contributed by atoms with Crippen molar-refractivity contribution in [3.05, 3.63) is 21.1 Å². The van der Waals surface area contributed by atoms with Crippen LogP contribution >= 0.6 is 11.3 Å².